The van der Waals surface area contributed by atoms with Crippen molar-refractivity contribution < 1.29 is 5.11 Å². The van der Waals surface area contributed by atoms with Crippen LogP contribution in [0.4, 0.5) is 0 Å². The number of rotatable bonds is 1. The summed E-state index contributed by atoms with van der Waals surface area (Å²) in [5.74, 6) is 0.600. The van der Waals surface area contributed by atoms with Crippen LogP contribution in [0.3, 0.4) is 0 Å². The molecule has 82 valence electrons. The minimum atomic E-state index is -0.650. The first-order chi connectivity index (χ1) is 7.10. The Balaban J connectivity index is 2.28. The van der Waals surface area contributed by atoms with Crippen molar-refractivity contribution in [3.05, 3.63) is 34.9 Å². The van der Waals surface area contributed by atoms with E-state index in [4.69, 9.17) is 11.6 Å². The van der Waals surface area contributed by atoms with Crippen LogP contribution in [0, 0.1) is 5.92 Å². The molecule has 1 aliphatic carbocycles. The van der Waals surface area contributed by atoms with Crippen molar-refractivity contribution in [3.8, 4) is 0 Å². The van der Waals surface area contributed by atoms with Gasteiger partial charge in [-0.1, -0.05) is 37.1 Å². The smallest absolute Gasteiger partial charge is 0.0899 e. The van der Waals surface area contributed by atoms with E-state index in [9.17, 15) is 5.11 Å². The highest BCUT2D eigenvalue weighted by Crippen LogP contribution is 2.40. The van der Waals surface area contributed by atoms with E-state index in [-0.39, 0.29) is 0 Å². The first kappa shape index (κ1) is 11.0. The van der Waals surface area contributed by atoms with Crippen LogP contribution >= 0.6 is 11.6 Å². The van der Waals surface area contributed by atoms with E-state index in [0.717, 1.165) is 24.8 Å². The van der Waals surface area contributed by atoms with Crippen LogP contribution in [0.25, 0.3) is 0 Å². The standard InChI is InChI=1S/C13H17ClO/c1-10-4-3-7-13(15,9-10)11-5-2-6-12(14)8-11/h2,5-6,8,10,15H,3-4,7,9H2,1H3. The molecule has 0 saturated heterocycles. The molecule has 1 aromatic rings. The summed E-state index contributed by atoms with van der Waals surface area (Å²) in [6.45, 7) is 2.20. The largest absolute Gasteiger partial charge is 0.385 e. The van der Waals surface area contributed by atoms with E-state index < -0.39 is 5.60 Å². The van der Waals surface area contributed by atoms with Crippen molar-refractivity contribution in [1.29, 1.82) is 0 Å². The van der Waals surface area contributed by atoms with Gasteiger partial charge >= 0.3 is 0 Å². The Bertz CT molecular complexity index is 350. The summed E-state index contributed by atoms with van der Waals surface area (Å²) in [5.41, 5.74) is 0.323. The van der Waals surface area contributed by atoms with Gasteiger partial charge in [0.15, 0.2) is 0 Å². The molecule has 0 spiro atoms. The van der Waals surface area contributed by atoms with Gasteiger partial charge in [0.25, 0.3) is 0 Å². The summed E-state index contributed by atoms with van der Waals surface area (Å²) >= 11 is 5.95. The molecule has 2 heteroatoms. The highest BCUT2D eigenvalue weighted by Gasteiger charge is 2.34. The number of hydrogen-bond acceptors (Lipinski definition) is 1. The molecule has 0 aromatic heterocycles. The molecule has 1 nitrogen and oxygen atoms in total. The molecule has 0 heterocycles. The fraction of sp³-hybridized carbons (Fsp3) is 0.538. The van der Waals surface area contributed by atoms with Crippen LogP contribution in [0.1, 0.15) is 38.2 Å². The van der Waals surface area contributed by atoms with Gasteiger partial charge in [-0.15, -0.1) is 0 Å². The Hall–Kier alpha value is -0.530. The molecule has 2 atom stereocenters. The van der Waals surface area contributed by atoms with Crippen molar-refractivity contribution in [2.45, 2.75) is 38.2 Å². The first-order valence-electron chi connectivity index (χ1n) is 5.58. The summed E-state index contributed by atoms with van der Waals surface area (Å²) in [6.07, 6.45) is 4.04. The maximum Gasteiger partial charge on any atom is 0.0899 e. The van der Waals surface area contributed by atoms with Crippen molar-refractivity contribution in [1.82, 2.24) is 0 Å². The predicted octanol–water partition coefficient (Wildman–Crippen LogP) is 3.74. The number of halogens is 1. The molecular weight excluding hydrogens is 208 g/mol. The minimum absolute atomic E-state index is 0.600. The zero-order valence-electron chi connectivity index (χ0n) is 9.04. The molecule has 2 rings (SSSR count). The molecule has 1 saturated carbocycles. The van der Waals surface area contributed by atoms with E-state index in [2.05, 4.69) is 6.92 Å². The van der Waals surface area contributed by atoms with Gasteiger partial charge < -0.3 is 5.11 Å². The highest BCUT2D eigenvalue weighted by molar-refractivity contribution is 6.30. The van der Waals surface area contributed by atoms with Crippen LogP contribution in [-0.2, 0) is 5.60 Å². The first-order valence-corrected chi connectivity index (χ1v) is 5.96. The average molecular weight is 225 g/mol. The monoisotopic (exact) mass is 224 g/mol. The molecule has 0 bridgehead atoms. The third kappa shape index (κ3) is 2.35. The molecule has 0 radical (unpaired) electrons. The van der Waals surface area contributed by atoms with Crippen LogP contribution < -0.4 is 0 Å². The van der Waals surface area contributed by atoms with Gasteiger partial charge in [-0.2, -0.15) is 0 Å². The van der Waals surface area contributed by atoms with E-state index in [1.54, 1.807) is 0 Å². The van der Waals surface area contributed by atoms with Crippen molar-refractivity contribution in [3.63, 3.8) is 0 Å². The fourth-order valence-electron chi connectivity index (χ4n) is 2.56. The van der Waals surface area contributed by atoms with Gasteiger partial charge in [-0.05, 0) is 42.9 Å². The number of aliphatic hydroxyl groups is 1. The Labute approximate surface area is 96.1 Å². The van der Waals surface area contributed by atoms with Crippen LogP contribution in [0.15, 0.2) is 24.3 Å². The lowest BCUT2D eigenvalue weighted by Crippen LogP contribution is -2.31. The minimum Gasteiger partial charge on any atom is -0.385 e. The lowest BCUT2D eigenvalue weighted by molar-refractivity contribution is -0.0178. The second-order valence-corrected chi connectivity index (χ2v) is 5.18. The van der Waals surface area contributed by atoms with Crippen molar-refractivity contribution >= 4 is 11.6 Å². The normalized spacial score (nSPS) is 31.5. The second-order valence-electron chi connectivity index (χ2n) is 4.74. The molecule has 1 fully saturated rings. The zero-order valence-corrected chi connectivity index (χ0v) is 9.80. The zero-order chi connectivity index (χ0) is 10.9. The third-order valence-corrected chi connectivity index (χ3v) is 3.57. The van der Waals surface area contributed by atoms with Gasteiger partial charge in [0.05, 0.1) is 5.60 Å². The maximum atomic E-state index is 10.6. The lowest BCUT2D eigenvalue weighted by atomic mass is 9.75. The molecular formula is C13H17ClO. The average Bonchev–Trinajstić information content (AvgIpc) is 2.17. The van der Waals surface area contributed by atoms with Crippen LogP contribution in [-0.4, -0.2) is 5.11 Å². The lowest BCUT2D eigenvalue weighted by Gasteiger charge is -2.36. The van der Waals surface area contributed by atoms with E-state index in [0.29, 0.717) is 10.9 Å². The summed E-state index contributed by atoms with van der Waals surface area (Å²) in [7, 11) is 0. The Kier molecular flexibility index (Phi) is 3.03. The summed E-state index contributed by atoms with van der Waals surface area (Å²) in [5, 5.41) is 11.3. The summed E-state index contributed by atoms with van der Waals surface area (Å²) < 4.78 is 0. The van der Waals surface area contributed by atoms with Gasteiger partial charge in [-0.25, -0.2) is 0 Å². The summed E-state index contributed by atoms with van der Waals surface area (Å²) in [4.78, 5) is 0. The van der Waals surface area contributed by atoms with E-state index in [1.165, 1.54) is 6.42 Å². The van der Waals surface area contributed by atoms with Gasteiger partial charge in [0.1, 0.15) is 0 Å². The quantitative estimate of drug-likeness (QED) is 0.771. The third-order valence-electron chi connectivity index (χ3n) is 3.34. The van der Waals surface area contributed by atoms with Crippen LogP contribution in [0.2, 0.25) is 5.02 Å². The van der Waals surface area contributed by atoms with Crippen molar-refractivity contribution in [2.75, 3.05) is 0 Å². The van der Waals surface area contributed by atoms with Crippen LogP contribution in [0.5, 0.6) is 0 Å². The fourth-order valence-corrected chi connectivity index (χ4v) is 2.75. The molecule has 0 aliphatic heterocycles. The van der Waals surface area contributed by atoms with Gasteiger partial charge in [-0.3, -0.25) is 0 Å². The highest BCUT2D eigenvalue weighted by atomic mass is 35.5. The van der Waals surface area contributed by atoms with E-state index >= 15 is 0 Å². The van der Waals surface area contributed by atoms with Gasteiger partial charge in [0, 0.05) is 5.02 Å². The van der Waals surface area contributed by atoms with E-state index in [1.807, 2.05) is 24.3 Å². The maximum absolute atomic E-state index is 10.6. The number of hydrogen-bond donors (Lipinski definition) is 1. The Morgan fingerprint density at radius 3 is 2.93 bits per heavy atom. The molecule has 1 aromatic carbocycles. The molecule has 1 aliphatic rings. The predicted molar refractivity (Wildman–Crippen MR) is 63.0 cm³/mol. The topological polar surface area (TPSA) is 20.2 Å². The Morgan fingerprint density at radius 1 is 1.47 bits per heavy atom. The SMILES string of the molecule is CC1CCCC(O)(c2cccc(Cl)c2)C1. The second kappa shape index (κ2) is 4.15. The molecule has 15 heavy (non-hydrogen) atoms. The van der Waals surface area contributed by atoms with Gasteiger partial charge in [0.2, 0.25) is 0 Å². The van der Waals surface area contributed by atoms with Crippen molar-refractivity contribution in [2.24, 2.45) is 5.92 Å². The number of benzene rings is 1. The molecule has 2 unspecified atom stereocenters. The Morgan fingerprint density at radius 2 is 2.27 bits per heavy atom. The summed E-state index contributed by atoms with van der Waals surface area (Å²) in [6, 6.07) is 7.62. The molecule has 1 N–H and O–H groups in total. The molecule has 0 amide bonds.